The summed E-state index contributed by atoms with van der Waals surface area (Å²) in [4.78, 5) is 30.5. The molecule has 0 unspecified atom stereocenters. The van der Waals surface area contributed by atoms with Gasteiger partial charge in [0.2, 0.25) is 0 Å². The fourth-order valence-electron chi connectivity index (χ4n) is 5.87. The Morgan fingerprint density at radius 2 is 1.22 bits per heavy atom. The number of halogens is 1. The van der Waals surface area contributed by atoms with Crippen molar-refractivity contribution < 1.29 is 19.8 Å². The van der Waals surface area contributed by atoms with Crippen molar-refractivity contribution in [2.75, 3.05) is 0 Å². The zero-order valence-corrected chi connectivity index (χ0v) is 19.6. The molecule has 0 atom stereocenters. The van der Waals surface area contributed by atoms with Gasteiger partial charge in [0, 0.05) is 15.9 Å². The number of aromatic amines is 2. The number of carboxylic acid groups (broad SMARTS) is 2. The molecule has 0 aliphatic heterocycles. The molecule has 32 heavy (non-hydrogen) atoms. The van der Waals surface area contributed by atoms with E-state index in [4.69, 9.17) is 0 Å². The second kappa shape index (κ2) is 7.66. The highest BCUT2D eigenvalue weighted by Crippen LogP contribution is 2.45. The Bertz CT molecular complexity index is 1190. The van der Waals surface area contributed by atoms with Crippen molar-refractivity contribution in [1.82, 2.24) is 9.97 Å². The minimum absolute atomic E-state index is 0.270. The Labute approximate surface area is 194 Å². The molecule has 2 aliphatic carbocycles. The molecule has 0 spiro atoms. The highest BCUT2D eigenvalue weighted by molar-refractivity contribution is 9.10. The van der Waals surface area contributed by atoms with Crippen LogP contribution in [0.4, 0.5) is 0 Å². The Morgan fingerprint density at radius 1 is 0.812 bits per heavy atom. The van der Waals surface area contributed by atoms with Gasteiger partial charge in [0.15, 0.2) is 0 Å². The molecule has 0 bridgehead atoms. The molecule has 5 rings (SSSR count). The predicted molar refractivity (Wildman–Crippen MR) is 124 cm³/mol. The third-order valence-electron chi connectivity index (χ3n) is 7.06. The topological polar surface area (TPSA) is 106 Å². The Hall–Kier alpha value is -2.80. The molecule has 2 aromatic heterocycles. The van der Waals surface area contributed by atoms with Crippen LogP contribution in [0, 0.1) is 13.8 Å². The van der Waals surface area contributed by atoms with Crippen molar-refractivity contribution in [3.63, 3.8) is 0 Å². The molecule has 0 amide bonds. The average molecular weight is 497 g/mol. The molecule has 2 heterocycles. The van der Waals surface area contributed by atoms with Crippen molar-refractivity contribution in [3.8, 4) is 0 Å². The lowest BCUT2D eigenvalue weighted by atomic mass is 9.83. The highest BCUT2D eigenvalue weighted by Gasteiger charge is 2.36. The van der Waals surface area contributed by atoms with Gasteiger partial charge in [-0.15, -0.1) is 0 Å². The summed E-state index contributed by atoms with van der Waals surface area (Å²) in [6.45, 7) is 4.12. The zero-order chi connectivity index (χ0) is 22.7. The highest BCUT2D eigenvalue weighted by atomic mass is 79.9. The lowest BCUT2D eigenvalue weighted by Crippen LogP contribution is -2.13. The number of fused-ring (bicyclic) bond motifs is 2. The number of aromatic carboxylic acids is 2. The van der Waals surface area contributed by atoms with Gasteiger partial charge in [-0.2, -0.15) is 0 Å². The molecule has 7 heteroatoms. The summed E-state index contributed by atoms with van der Waals surface area (Å²) in [7, 11) is 0. The molecular formula is C25H25BrN2O4. The zero-order valence-electron chi connectivity index (χ0n) is 18.1. The van der Waals surface area contributed by atoms with E-state index in [1.807, 2.05) is 0 Å². The first-order valence-electron chi connectivity index (χ1n) is 11.0. The van der Waals surface area contributed by atoms with Gasteiger partial charge in [-0.1, -0.05) is 15.9 Å². The number of aromatic nitrogens is 2. The van der Waals surface area contributed by atoms with Gasteiger partial charge in [-0.3, -0.25) is 0 Å². The van der Waals surface area contributed by atoms with Crippen molar-refractivity contribution in [2.24, 2.45) is 0 Å². The fourth-order valence-corrected chi connectivity index (χ4v) is 6.56. The second-order valence-electron chi connectivity index (χ2n) is 8.95. The number of H-pyrrole nitrogens is 2. The summed E-state index contributed by atoms with van der Waals surface area (Å²) < 4.78 is 0.987. The number of nitrogens with one attached hydrogen (secondary N) is 2. The minimum Gasteiger partial charge on any atom is -0.477 e. The van der Waals surface area contributed by atoms with E-state index in [1.54, 1.807) is 0 Å². The summed E-state index contributed by atoms with van der Waals surface area (Å²) in [5, 5.41) is 19.7. The van der Waals surface area contributed by atoms with Gasteiger partial charge >= 0.3 is 11.9 Å². The number of benzene rings is 1. The van der Waals surface area contributed by atoms with Crippen LogP contribution in [0.5, 0.6) is 0 Å². The summed E-state index contributed by atoms with van der Waals surface area (Å²) in [5.74, 6) is -2.16. The molecule has 166 valence electrons. The molecule has 4 N–H and O–H groups in total. The van der Waals surface area contributed by atoms with Crippen LogP contribution in [0.3, 0.4) is 0 Å². The van der Waals surface area contributed by atoms with Gasteiger partial charge < -0.3 is 20.2 Å². The summed E-state index contributed by atoms with van der Waals surface area (Å²) in [6.07, 6.45) is 5.02. The van der Waals surface area contributed by atoms with E-state index in [1.165, 1.54) is 0 Å². The van der Waals surface area contributed by atoms with Crippen LogP contribution < -0.4 is 0 Å². The third-order valence-corrected chi connectivity index (χ3v) is 7.52. The molecule has 2 aliphatic rings. The number of hydrogen-bond donors (Lipinski definition) is 4. The maximum absolute atomic E-state index is 12.0. The van der Waals surface area contributed by atoms with Gasteiger partial charge in [0.25, 0.3) is 0 Å². The van der Waals surface area contributed by atoms with E-state index < -0.39 is 11.9 Å². The summed E-state index contributed by atoms with van der Waals surface area (Å²) in [6, 6.07) is 4.13. The first-order chi connectivity index (χ1) is 15.3. The summed E-state index contributed by atoms with van der Waals surface area (Å²) in [5.41, 5.74) is 9.51. The molecule has 1 aromatic carbocycles. The fraction of sp³-hybridized carbons (Fsp3) is 0.360. The normalized spacial score (nSPS) is 14.8. The Kier molecular flexibility index (Phi) is 5.04. The first kappa shape index (κ1) is 21.1. The predicted octanol–water partition coefficient (Wildman–Crippen LogP) is 5.28. The van der Waals surface area contributed by atoms with E-state index in [0.717, 1.165) is 93.3 Å². The van der Waals surface area contributed by atoms with Gasteiger partial charge in [-0.05, 0) is 103 Å². The van der Waals surface area contributed by atoms with Crippen LogP contribution in [0.25, 0.3) is 0 Å². The van der Waals surface area contributed by atoms with E-state index in [2.05, 4.69) is 51.9 Å². The number of carbonyl (C=O) groups is 2. The van der Waals surface area contributed by atoms with Crippen LogP contribution in [0.2, 0.25) is 0 Å². The molecule has 3 aromatic rings. The van der Waals surface area contributed by atoms with Crippen LogP contribution in [-0.4, -0.2) is 32.1 Å². The number of hydrogen-bond acceptors (Lipinski definition) is 2. The average Bonchev–Trinajstić information content (AvgIpc) is 3.45. The van der Waals surface area contributed by atoms with Crippen LogP contribution in [0.1, 0.15) is 90.1 Å². The second-order valence-corrected chi connectivity index (χ2v) is 9.86. The molecule has 0 radical (unpaired) electrons. The largest absolute Gasteiger partial charge is 0.477 e. The lowest BCUT2D eigenvalue weighted by molar-refractivity contribution is 0.0679. The van der Waals surface area contributed by atoms with Crippen molar-refractivity contribution in [1.29, 1.82) is 0 Å². The van der Waals surface area contributed by atoms with Crippen molar-refractivity contribution >= 4 is 27.9 Å². The smallest absolute Gasteiger partial charge is 0.352 e. The summed E-state index contributed by atoms with van der Waals surface area (Å²) >= 11 is 3.58. The Balaban J connectivity index is 1.83. The monoisotopic (exact) mass is 496 g/mol. The SMILES string of the molecule is Cc1cc(Br)cc(C)c1C(c1[nH]c(C(=O)O)c2c1CCC2)c1[nH]c(C(=O)O)c2c1CCC2. The van der Waals surface area contributed by atoms with Crippen LogP contribution >= 0.6 is 15.9 Å². The standard InChI is InChI=1S/C25H25BrN2O4/c1-11-9-13(26)10-12(2)18(11)19(20-14-5-3-7-16(14)22(27-20)24(29)30)21-15-6-4-8-17(15)23(28-21)25(31)32/h9-10,19,27-28H,3-8H2,1-2H3,(H,29,30)(H,31,32). The van der Waals surface area contributed by atoms with Crippen molar-refractivity contribution in [3.05, 3.63) is 78.3 Å². The van der Waals surface area contributed by atoms with Gasteiger partial charge in [0.1, 0.15) is 11.4 Å². The number of carboxylic acids is 2. The van der Waals surface area contributed by atoms with E-state index in [-0.39, 0.29) is 17.3 Å². The maximum atomic E-state index is 12.0. The quantitative estimate of drug-likeness (QED) is 0.385. The maximum Gasteiger partial charge on any atom is 0.352 e. The molecule has 6 nitrogen and oxygen atoms in total. The molecule has 0 saturated carbocycles. The van der Waals surface area contributed by atoms with Crippen molar-refractivity contribution in [2.45, 2.75) is 58.3 Å². The van der Waals surface area contributed by atoms with Crippen LogP contribution in [0.15, 0.2) is 16.6 Å². The van der Waals surface area contributed by atoms with Crippen LogP contribution in [-0.2, 0) is 25.7 Å². The minimum atomic E-state index is -0.944. The lowest BCUT2D eigenvalue weighted by Gasteiger charge is -2.23. The van der Waals surface area contributed by atoms with E-state index >= 15 is 0 Å². The molecule has 0 fully saturated rings. The van der Waals surface area contributed by atoms with E-state index in [0.29, 0.717) is 0 Å². The Morgan fingerprint density at radius 3 is 1.62 bits per heavy atom. The first-order valence-corrected chi connectivity index (χ1v) is 11.8. The molecular weight excluding hydrogens is 472 g/mol. The van der Waals surface area contributed by atoms with Gasteiger partial charge in [-0.25, -0.2) is 9.59 Å². The molecule has 0 saturated heterocycles. The third kappa shape index (κ3) is 3.13. The van der Waals surface area contributed by atoms with Gasteiger partial charge in [0.05, 0.1) is 5.92 Å². The number of rotatable bonds is 5. The van der Waals surface area contributed by atoms with E-state index in [9.17, 15) is 19.8 Å². The number of aryl methyl sites for hydroxylation is 2.